The predicted molar refractivity (Wildman–Crippen MR) is 69.6 cm³/mol. The van der Waals surface area contributed by atoms with E-state index in [2.05, 4.69) is 16.8 Å². The second kappa shape index (κ2) is 6.41. The van der Waals surface area contributed by atoms with Crippen molar-refractivity contribution in [2.45, 2.75) is 44.6 Å². The van der Waals surface area contributed by atoms with Gasteiger partial charge >= 0.3 is 0 Å². The Kier molecular flexibility index (Phi) is 4.86. The minimum absolute atomic E-state index is 0.855. The first kappa shape index (κ1) is 12.1. The van der Waals surface area contributed by atoms with Crippen LogP contribution in [0.15, 0.2) is 12.7 Å². The number of hydrogen-bond donors (Lipinski definition) is 1. The molecule has 2 rings (SSSR count). The highest BCUT2D eigenvalue weighted by molar-refractivity contribution is 4.91. The van der Waals surface area contributed by atoms with Crippen LogP contribution in [-0.4, -0.2) is 37.1 Å². The van der Waals surface area contributed by atoms with Gasteiger partial charge in [0.2, 0.25) is 0 Å². The van der Waals surface area contributed by atoms with Crippen molar-refractivity contribution in [3.05, 3.63) is 12.7 Å². The largest absolute Gasteiger partial charge is 0.315 e. The summed E-state index contributed by atoms with van der Waals surface area (Å²) in [4.78, 5) is 2.74. The maximum atomic E-state index is 3.77. The lowest BCUT2D eigenvalue weighted by Crippen LogP contribution is -2.45. The molecule has 0 aromatic carbocycles. The van der Waals surface area contributed by atoms with E-state index in [0.717, 1.165) is 12.0 Å². The monoisotopic (exact) mass is 222 g/mol. The van der Waals surface area contributed by atoms with Crippen LogP contribution >= 0.6 is 0 Å². The third-order valence-electron chi connectivity index (χ3n) is 4.15. The topological polar surface area (TPSA) is 15.3 Å². The normalized spacial score (nSPS) is 30.2. The zero-order valence-electron chi connectivity index (χ0n) is 10.5. The second-order valence-corrected chi connectivity index (χ2v) is 5.30. The number of piperidine rings is 1. The Morgan fingerprint density at radius 2 is 2.19 bits per heavy atom. The summed E-state index contributed by atoms with van der Waals surface area (Å²) in [7, 11) is 0. The van der Waals surface area contributed by atoms with Gasteiger partial charge in [0, 0.05) is 12.6 Å². The van der Waals surface area contributed by atoms with Gasteiger partial charge in [-0.15, -0.1) is 6.58 Å². The number of unbranched alkanes of at least 4 members (excludes halogenated alkanes) is 3. The SMILES string of the molecule is C=CCCCCCN1CCCC2CNCC21. The number of nitrogens with zero attached hydrogens (tertiary/aromatic N) is 1. The van der Waals surface area contributed by atoms with Crippen molar-refractivity contribution >= 4 is 0 Å². The molecule has 0 aromatic rings. The lowest BCUT2D eigenvalue weighted by Gasteiger charge is -2.37. The molecule has 0 amide bonds. The first-order valence-electron chi connectivity index (χ1n) is 6.97. The molecule has 2 heteroatoms. The zero-order chi connectivity index (χ0) is 11.2. The Balaban J connectivity index is 1.66. The summed E-state index contributed by atoms with van der Waals surface area (Å²) in [5.74, 6) is 0.946. The maximum Gasteiger partial charge on any atom is 0.0260 e. The first-order valence-corrected chi connectivity index (χ1v) is 6.97. The summed E-state index contributed by atoms with van der Waals surface area (Å²) < 4.78 is 0. The molecule has 0 aromatic heterocycles. The van der Waals surface area contributed by atoms with E-state index >= 15 is 0 Å². The third-order valence-corrected chi connectivity index (χ3v) is 4.15. The highest BCUT2D eigenvalue weighted by Gasteiger charge is 2.34. The van der Waals surface area contributed by atoms with Crippen molar-refractivity contribution in [1.82, 2.24) is 10.2 Å². The van der Waals surface area contributed by atoms with E-state index in [9.17, 15) is 0 Å². The van der Waals surface area contributed by atoms with Gasteiger partial charge in [-0.2, -0.15) is 0 Å². The molecule has 2 atom stereocenters. The first-order chi connectivity index (χ1) is 7.92. The molecular formula is C14H26N2. The van der Waals surface area contributed by atoms with Crippen molar-refractivity contribution in [1.29, 1.82) is 0 Å². The van der Waals surface area contributed by atoms with Crippen LogP contribution in [-0.2, 0) is 0 Å². The summed E-state index contributed by atoms with van der Waals surface area (Å²) in [6, 6.07) is 0.855. The third kappa shape index (κ3) is 3.08. The summed E-state index contributed by atoms with van der Waals surface area (Å²) in [6.45, 7) is 8.93. The van der Waals surface area contributed by atoms with Crippen molar-refractivity contribution in [2.24, 2.45) is 5.92 Å². The van der Waals surface area contributed by atoms with E-state index < -0.39 is 0 Å². The van der Waals surface area contributed by atoms with Crippen LogP contribution in [0.5, 0.6) is 0 Å². The fourth-order valence-corrected chi connectivity index (χ4v) is 3.22. The molecular weight excluding hydrogens is 196 g/mol. The van der Waals surface area contributed by atoms with Gasteiger partial charge in [0.25, 0.3) is 0 Å². The van der Waals surface area contributed by atoms with Crippen molar-refractivity contribution < 1.29 is 0 Å². The standard InChI is InChI=1S/C14H26N2/c1-2-3-4-5-6-9-16-10-7-8-13-11-15-12-14(13)16/h2,13-15H,1,3-12H2. The molecule has 0 aliphatic carbocycles. The van der Waals surface area contributed by atoms with Gasteiger partial charge in [0.1, 0.15) is 0 Å². The van der Waals surface area contributed by atoms with Crippen LogP contribution in [0.4, 0.5) is 0 Å². The lowest BCUT2D eigenvalue weighted by molar-refractivity contribution is 0.123. The van der Waals surface area contributed by atoms with Crippen LogP contribution < -0.4 is 5.32 Å². The number of hydrogen-bond acceptors (Lipinski definition) is 2. The number of allylic oxidation sites excluding steroid dienone is 1. The Hall–Kier alpha value is -0.340. The summed E-state index contributed by atoms with van der Waals surface area (Å²) in [5.41, 5.74) is 0. The molecule has 0 spiro atoms. The lowest BCUT2D eigenvalue weighted by atomic mass is 9.92. The van der Waals surface area contributed by atoms with Crippen LogP contribution in [0, 0.1) is 5.92 Å². The summed E-state index contributed by atoms with van der Waals surface area (Å²) in [6.07, 6.45) is 10.2. The molecule has 1 N–H and O–H groups in total. The Morgan fingerprint density at radius 3 is 3.06 bits per heavy atom. The minimum atomic E-state index is 0.855. The summed E-state index contributed by atoms with van der Waals surface area (Å²) in [5, 5.41) is 3.55. The van der Waals surface area contributed by atoms with Crippen molar-refractivity contribution in [3.8, 4) is 0 Å². The van der Waals surface area contributed by atoms with Gasteiger partial charge in [-0.3, -0.25) is 4.90 Å². The van der Waals surface area contributed by atoms with E-state index in [1.165, 1.54) is 64.7 Å². The minimum Gasteiger partial charge on any atom is -0.315 e. The number of nitrogens with one attached hydrogen (secondary N) is 1. The van der Waals surface area contributed by atoms with Gasteiger partial charge in [-0.1, -0.05) is 12.5 Å². The van der Waals surface area contributed by atoms with Crippen LogP contribution in [0.2, 0.25) is 0 Å². The fraction of sp³-hybridized carbons (Fsp3) is 0.857. The van der Waals surface area contributed by atoms with Gasteiger partial charge in [-0.05, 0) is 57.7 Å². The van der Waals surface area contributed by atoms with E-state index in [1.807, 2.05) is 6.08 Å². The average Bonchev–Trinajstić information content (AvgIpc) is 2.77. The molecule has 2 heterocycles. The van der Waals surface area contributed by atoms with E-state index in [0.29, 0.717) is 0 Å². The Morgan fingerprint density at radius 1 is 1.25 bits per heavy atom. The zero-order valence-corrected chi connectivity index (χ0v) is 10.5. The molecule has 2 saturated heterocycles. The average molecular weight is 222 g/mol. The number of likely N-dealkylation sites (tertiary alicyclic amines) is 1. The molecule has 16 heavy (non-hydrogen) atoms. The van der Waals surface area contributed by atoms with Gasteiger partial charge in [0.15, 0.2) is 0 Å². The van der Waals surface area contributed by atoms with Crippen LogP contribution in [0.25, 0.3) is 0 Å². The highest BCUT2D eigenvalue weighted by Crippen LogP contribution is 2.26. The van der Waals surface area contributed by atoms with E-state index in [4.69, 9.17) is 0 Å². The highest BCUT2D eigenvalue weighted by atomic mass is 15.2. The predicted octanol–water partition coefficient (Wildman–Crippen LogP) is 2.42. The van der Waals surface area contributed by atoms with Crippen molar-refractivity contribution in [2.75, 3.05) is 26.2 Å². The summed E-state index contributed by atoms with van der Waals surface area (Å²) >= 11 is 0. The van der Waals surface area contributed by atoms with Crippen molar-refractivity contribution in [3.63, 3.8) is 0 Å². The molecule has 2 fully saturated rings. The molecule has 0 radical (unpaired) electrons. The maximum absolute atomic E-state index is 3.77. The molecule has 2 aliphatic rings. The molecule has 92 valence electrons. The van der Waals surface area contributed by atoms with Crippen LogP contribution in [0.3, 0.4) is 0 Å². The Labute approximate surface area is 100 Å². The quantitative estimate of drug-likeness (QED) is 0.548. The molecule has 2 unspecified atom stereocenters. The fourth-order valence-electron chi connectivity index (χ4n) is 3.22. The molecule has 2 aliphatic heterocycles. The molecule has 0 saturated carbocycles. The molecule has 2 nitrogen and oxygen atoms in total. The van der Waals surface area contributed by atoms with E-state index in [1.54, 1.807) is 0 Å². The van der Waals surface area contributed by atoms with Gasteiger partial charge in [0.05, 0.1) is 0 Å². The van der Waals surface area contributed by atoms with E-state index in [-0.39, 0.29) is 0 Å². The molecule has 0 bridgehead atoms. The second-order valence-electron chi connectivity index (χ2n) is 5.30. The van der Waals surface area contributed by atoms with Crippen LogP contribution in [0.1, 0.15) is 38.5 Å². The Bertz CT molecular complexity index is 215. The number of fused-ring (bicyclic) bond motifs is 1. The van der Waals surface area contributed by atoms with Gasteiger partial charge < -0.3 is 5.32 Å². The smallest absolute Gasteiger partial charge is 0.0260 e. The number of rotatable bonds is 6. The van der Waals surface area contributed by atoms with Gasteiger partial charge in [-0.25, -0.2) is 0 Å².